The van der Waals surface area contributed by atoms with Gasteiger partial charge in [0.05, 0.1) is 11.7 Å². The second-order valence-electron chi connectivity index (χ2n) is 7.33. The number of amides is 2. The van der Waals surface area contributed by atoms with Crippen LogP contribution in [-0.2, 0) is 11.2 Å². The second kappa shape index (κ2) is 7.61. The van der Waals surface area contributed by atoms with Gasteiger partial charge in [0.2, 0.25) is 5.82 Å². The number of fused-ring (bicyclic) bond motifs is 2. The number of likely N-dealkylation sites (N-methyl/N-ethyl adjacent to an activating group) is 1. The molecule has 8 nitrogen and oxygen atoms in total. The van der Waals surface area contributed by atoms with E-state index >= 15 is 0 Å². The van der Waals surface area contributed by atoms with Crippen LogP contribution in [-0.4, -0.2) is 46.3 Å². The molecule has 2 aliphatic heterocycles. The van der Waals surface area contributed by atoms with Gasteiger partial charge in [0.25, 0.3) is 11.8 Å². The van der Waals surface area contributed by atoms with Gasteiger partial charge >= 0.3 is 0 Å². The Hall–Kier alpha value is -2.90. The van der Waals surface area contributed by atoms with Crippen LogP contribution >= 0.6 is 0 Å². The van der Waals surface area contributed by atoms with Crippen LogP contribution in [0.25, 0.3) is 0 Å². The minimum Gasteiger partial charge on any atom is -0.489 e. The zero-order chi connectivity index (χ0) is 19.7. The molecule has 2 aromatic rings. The van der Waals surface area contributed by atoms with Gasteiger partial charge < -0.3 is 15.0 Å². The predicted molar refractivity (Wildman–Crippen MR) is 104 cm³/mol. The van der Waals surface area contributed by atoms with Crippen molar-refractivity contribution in [3.8, 4) is 5.75 Å². The van der Waals surface area contributed by atoms with E-state index in [2.05, 4.69) is 22.3 Å². The highest BCUT2D eigenvalue weighted by Gasteiger charge is 2.32. The number of anilines is 1. The smallest absolute Gasteiger partial charge is 0.291 e. The molecule has 0 bridgehead atoms. The molecule has 8 heteroatoms. The molecule has 4 rings (SSSR count). The number of rotatable bonds is 4. The fraction of sp³-hybridized carbons (Fsp3) is 0.500. The number of para-hydroxylation sites is 2. The summed E-state index contributed by atoms with van der Waals surface area (Å²) in [6.07, 6.45) is 5.03. The van der Waals surface area contributed by atoms with Crippen molar-refractivity contribution in [1.82, 2.24) is 20.1 Å². The van der Waals surface area contributed by atoms with Crippen molar-refractivity contribution in [3.63, 3.8) is 0 Å². The van der Waals surface area contributed by atoms with E-state index in [1.165, 1.54) is 4.90 Å². The molecule has 1 aromatic carbocycles. The maximum atomic E-state index is 12.8. The van der Waals surface area contributed by atoms with E-state index in [4.69, 9.17) is 4.74 Å². The van der Waals surface area contributed by atoms with Crippen molar-refractivity contribution >= 4 is 17.5 Å². The van der Waals surface area contributed by atoms with Crippen LogP contribution in [0, 0.1) is 0 Å². The van der Waals surface area contributed by atoms with Crippen LogP contribution in [0.5, 0.6) is 5.75 Å². The first kappa shape index (κ1) is 18.5. The number of hydrogen-bond donors (Lipinski definition) is 1. The zero-order valence-electron chi connectivity index (χ0n) is 16.2. The first-order valence-corrected chi connectivity index (χ1v) is 9.84. The fourth-order valence-corrected chi connectivity index (χ4v) is 3.91. The van der Waals surface area contributed by atoms with Gasteiger partial charge in [-0.1, -0.05) is 25.5 Å². The highest BCUT2D eigenvalue weighted by molar-refractivity contribution is 6.02. The molecule has 1 aromatic heterocycles. The summed E-state index contributed by atoms with van der Waals surface area (Å²) in [4.78, 5) is 31.5. The maximum Gasteiger partial charge on any atom is 0.291 e. The van der Waals surface area contributed by atoms with Crippen LogP contribution in [0.4, 0.5) is 5.69 Å². The van der Waals surface area contributed by atoms with Crippen LogP contribution in [0.2, 0.25) is 0 Å². The molecule has 2 amide bonds. The third-order valence-electron chi connectivity index (χ3n) is 5.38. The van der Waals surface area contributed by atoms with E-state index in [1.54, 1.807) is 7.05 Å². The summed E-state index contributed by atoms with van der Waals surface area (Å²) in [5, 5.41) is 7.20. The Labute approximate surface area is 163 Å². The molecule has 2 unspecified atom stereocenters. The molecule has 0 fully saturated rings. The van der Waals surface area contributed by atoms with Gasteiger partial charge in [0, 0.05) is 13.5 Å². The third-order valence-corrected chi connectivity index (χ3v) is 5.38. The lowest BCUT2D eigenvalue weighted by atomic mass is 10.0. The molecule has 28 heavy (non-hydrogen) atoms. The van der Waals surface area contributed by atoms with Crippen LogP contribution in [0.15, 0.2) is 24.3 Å². The van der Waals surface area contributed by atoms with Gasteiger partial charge in [-0.05, 0) is 31.4 Å². The molecule has 0 spiro atoms. The molecular formula is C20H25N5O3. The highest BCUT2D eigenvalue weighted by atomic mass is 16.5. The van der Waals surface area contributed by atoms with Crippen molar-refractivity contribution in [2.24, 2.45) is 0 Å². The number of aryl methyl sites for hydroxylation is 1. The number of aromatic nitrogens is 3. The summed E-state index contributed by atoms with van der Waals surface area (Å²) in [5.74, 6) is 0.913. The summed E-state index contributed by atoms with van der Waals surface area (Å²) in [7, 11) is 1.68. The summed E-state index contributed by atoms with van der Waals surface area (Å²) in [6.45, 7) is 2.21. The summed E-state index contributed by atoms with van der Waals surface area (Å²) in [5.41, 5.74) is 0.683. The number of hydrogen-bond acceptors (Lipinski definition) is 5. The fourth-order valence-electron chi connectivity index (χ4n) is 3.91. The van der Waals surface area contributed by atoms with Gasteiger partial charge in [0.1, 0.15) is 24.2 Å². The Morgan fingerprint density at radius 3 is 3.00 bits per heavy atom. The van der Waals surface area contributed by atoms with E-state index in [1.807, 2.05) is 28.9 Å². The second-order valence-corrected chi connectivity index (χ2v) is 7.33. The van der Waals surface area contributed by atoms with Crippen molar-refractivity contribution < 1.29 is 14.3 Å². The largest absolute Gasteiger partial charge is 0.489 e. The lowest BCUT2D eigenvalue weighted by Gasteiger charge is -2.22. The highest BCUT2D eigenvalue weighted by Crippen LogP contribution is 2.30. The van der Waals surface area contributed by atoms with E-state index in [9.17, 15) is 9.59 Å². The van der Waals surface area contributed by atoms with E-state index in [-0.39, 0.29) is 18.3 Å². The lowest BCUT2D eigenvalue weighted by Crippen LogP contribution is -2.49. The topological polar surface area (TPSA) is 89.3 Å². The lowest BCUT2D eigenvalue weighted by molar-refractivity contribution is -0.120. The molecule has 0 saturated carbocycles. The predicted octanol–water partition coefficient (Wildman–Crippen LogP) is 2.11. The number of carbonyl (C=O) groups is 2. The maximum absolute atomic E-state index is 12.8. The number of benzene rings is 1. The molecule has 0 aliphatic carbocycles. The first-order chi connectivity index (χ1) is 13.6. The Bertz CT molecular complexity index is 894. The van der Waals surface area contributed by atoms with Gasteiger partial charge in [-0.2, -0.15) is 0 Å². The number of carbonyl (C=O) groups excluding carboxylic acids is 2. The van der Waals surface area contributed by atoms with E-state index in [0.29, 0.717) is 17.5 Å². The Morgan fingerprint density at radius 2 is 2.18 bits per heavy atom. The van der Waals surface area contributed by atoms with E-state index in [0.717, 1.165) is 37.9 Å². The molecule has 3 heterocycles. The molecule has 2 aliphatic rings. The summed E-state index contributed by atoms with van der Waals surface area (Å²) in [6, 6.07) is 6.82. The quantitative estimate of drug-likeness (QED) is 0.873. The van der Waals surface area contributed by atoms with Gasteiger partial charge in [-0.15, -0.1) is 5.10 Å². The van der Waals surface area contributed by atoms with Crippen molar-refractivity contribution in [3.05, 3.63) is 35.9 Å². The van der Waals surface area contributed by atoms with Crippen LogP contribution in [0.3, 0.4) is 0 Å². The van der Waals surface area contributed by atoms with Crippen molar-refractivity contribution in [1.29, 1.82) is 0 Å². The third kappa shape index (κ3) is 3.34. The minimum atomic E-state index is -0.795. The van der Waals surface area contributed by atoms with Crippen LogP contribution in [0.1, 0.15) is 55.1 Å². The Morgan fingerprint density at radius 1 is 1.36 bits per heavy atom. The van der Waals surface area contributed by atoms with Crippen molar-refractivity contribution in [2.45, 2.75) is 51.1 Å². The molecular weight excluding hydrogens is 358 g/mol. The summed E-state index contributed by atoms with van der Waals surface area (Å²) >= 11 is 0. The monoisotopic (exact) mass is 383 g/mol. The van der Waals surface area contributed by atoms with Gasteiger partial charge in [0.15, 0.2) is 0 Å². The van der Waals surface area contributed by atoms with Crippen molar-refractivity contribution in [2.75, 3.05) is 18.6 Å². The molecule has 1 N–H and O–H groups in total. The standard InChI is InChI=1S/C20H25N5O3/c1-3-7-13-8-6-11-17-22-18(23-25(13)17)19(26)21-14-12-28-16-10-5-4-9-15(16)24(2)20(14)27/h4-5,9-10,13-14H,3,6-8,11-12H2,1-2H3,(H,21,26). The zero-order valence-corrected chi connectivity index (χ0v) is 16.2. The normalized spacial score (nSPS) is 21.4. The van der Waals surface area contributed by atoms with Gasteiger partial charge in [-0.3, -0.25) is 9.59 Å². The summed E-state index contributed by atoms with van der Waals surface area (Å²) < 4.78 is 7.64. The number of nitrogens with one attached hydrogen (secondary N) is 1. The Kier molecular flexibility index (Phi) is 5.02. The Balaban J connectivity index is 1.51. The molecule has 148 valence electrons. The first-order valence-electron chi connectivity index (χ1n) is 9.84. The van der Waals surface area contributed by atoms with Gasteiger partial charge in [-0.25, -0.2) is 9.67 Å². The SMILES string of the molecule is CCCC1CCCc2nc(C(=O)NC3COc4ccccc4N(C)C3=O)nn21. The number of nitrogens with zero attached hydrogens (tertiary/aromatic N) is 4. The van der Waals surface area contributed by atoms with Crippen LogP contribution < -0.4 is 15.0 Å². The number of ether oxygens (including phenoxy) is 1. The molecule has 0 radical (unpaired) electrons. The minimum absolute atomic E-state index is 0.0674. The van der Waals surface area contributed by atoms with E-state index < -0.39 is 11.9 Å². The molecule has 2 atom stereocenters. The molecule has 0 saturated heterocycles. The average molecular weight is 383 g/mol. The average Bonchev–Trinajstić information content (AvgIpc) is 3.11.